The molecule has 0 bridgehead atoms. The summed E-state index contributed by atoms with van der Waals surface area (Å²) in [5, 5.41) is 3.57. The van der Waals surface area contributed by atoms with E-state index < -0.39 is 0 Å². The number of nitrogens with two attached hydrogens (primary N) is 1. The Morgan fingerprint density at radius 2 is 2.25 bits per heavy atom. The highest BCUT2D eigenvalue weighted by Crippen LogP contribution is 2.44. The van der Waals surface area contributed by atoms with E-state index in [0.29, 0.717) is 17.1 Å². The number of rotatable bonds is 5. The average Bonchev–Trinajstić information content (AvgIpc) is 2.39. The van der Waals surface area contributed by atoms with E-state index in [2.05, 4.69) is 35.1 Å². The smallest absolute Gasteiger partial charge is 0.106 e. The summed E-state index contributed by atoms with van der Waals surface area (Å²) in [7, 11) is 0. The van der Waals surface area contributed by atoms with Gasteiger partial charge in [0.2, 0.25) is 0 Å². The normalized spacial score (nSPS) is 24.0. The fraction of sp³-hybridized carbons (Fsp3) is 0.533. The lowest BCUT2D eigenvalue weighted by molar-refractivity contribution is -0.0975. The lowest BCUT2D eigenvalue weighted by Crippen LogP contribution is -2.58. The van der Waals surface area contributed by atoms with Crippen molar-refractivity contribution < 1.29 is 4.74 Å². The maximum Gasteiger partial charge on any atom is 0.106 e. The first-order valence-electron chi connectivity index (χ1n) is 6.83. The van der Waals surface area contributed by atoms with Crippen LogP contribution in [0.5, 0.6) is 0 Å². The number of nitrogens with one attached hydrogen (secondary N) is 1. The van der Waals surface area contributed by atoms with Crippen LogP contribution in [0.1, 0.15) is 32.8 Å². The third-order valence-electron chi connectivity index (χ3n) is 4.12. The molecule has 0 aliphatic heterocycles. The molecule has 20 heavy (non-hydrogen) atoms. The van der Waals surface area contributed by atoms with E-state index in [1.807, 2.05) is 25.1 Å². The summed E-state index contributed by atoms with van der Waals surface area (Å²) in [4.78, 5) is 0.410. The summed E-state index contributed by atoms with van der Waals surface area (Å²) < 4.78 is 6.74. The Morgan fingerprint density at radius 1 is 1.55 bits per heavy atom. The second-order valence-corrected chi connectivity index (χ2v) is 7.11. The summed E-state index contributed by atoms with van der Waals surface area (Å²) in [6, 6.07) is 6.34. The molecule has 1 aliphatic rings. The van der Waals surface area contributed by atoms with Crippen LogP contribution >= 0.6 is 28.1 Å². The standard InChI is InChI=1S/C15H21BrN2OS/c1-4-19-13-8-12(15(13,2)3)18-11-6-5-9(16)7-10(11)14(17)20/h5-7,12-13,18H,4,8H2,1-3H3,(H2,17,20). The highest BCUT2D eigenvalue weighted by atomic mass is 79.9. The molecular weight excluding hydrogens is 336 g/mol. The highest BCUT2D eigenvalue weighted by molar-refractivity contribution is 9.10. The Labute approximate surface area is 134 Å². The molecular formula is C15H21BrN2OS. The van der Waals surface area contributed by atoms with Crippen LogP contribution in [0.15, 0.2) is 22.7 Å². The molecule has 1 aromatic carbocycles. The highest BCUT2D eigenvalue weighted by Gasteiger charge is 2.49. The van der Waals surface area contributed by atoms with E-state index in [1.54, 1.807) is 0 Å². The van der Waals surface area contributed by atoms with Crippen molar-refractivity contribution in [3.05, 3.63) is 28.2 Å². The first-order chi connectivity index (χ1) is 9.36. The number of thiocarbonyl (C=S) groups is 1. The van der Waals surface area contributed by atoms with Gasteiger partial charge in [0, 0.05) is 33.8 Å². The van der Waals surface area contributed by atoms with Gasteiger partial charge < -0.3 is 15.8 Å². The van der Waals surface area contributed by atoms with Crippen molar-refractivity contribution in [2.24, 2.45) is 11.1 Å². The monoisotopic (exact) mass is 356 g/mol. The Morgan fingerprint density at radius 3 is 2.80 bits per heavy atom. The molecule has 1 fully saturated rings. The summed E-state index contributed by atoms with van der Waals surface area (Å²) >= 11 is 8.58. The number of anilines is 1. The fourth-order valence-electron chi connectivity index (χ4n) is 2.65. The lowest BCUT2D eigenvalue weighted by atomic mass is 9.64. The molecule has 0 aromatic heterocycles. The first kappa shape index (κ1) is 15.7. The van der Waals surface area contributed by atoms with Gasteiger partial charge in [-0.2, -0.15) is 0 Å². The number of halogens is 1. The van der Waals surface area contributed by atoms with Crippen LogP contribution in [0.4, 0.5) is 5.69 Å². The molecule has 0 amide bonds. The molecule has 2 unspecified atom stereocenters. The van der Waals surface area contributed by atoms with Crippen LogP contribution in [0.25, 0.3) is 0 Å². The van der Waals surface area contributed by atoms with E-state index >= 15 is 0 Å². The Balaban J connectivity index is 2.14. The summed E-state index contributed by atoms with van der Waals surface area (Å²) in [6.45, 7) is 7.26. The van der Waals surface area contributed by atoms with Crippen molar-refractivity contribution in [1.82, 2.24) is 0 Å². The summed E-state index contributed by atoms with van der Waals surface area (Å²) in [5.74, 6) is 0. The minimum Gasteiger partial charge on any atom is -0.389 e. The first-order valence-corrected chi connectivity index (χ1v) is 8.04. The van der Waals surface area contributed by atoms with Crippen molar-refractivity contribution in [3.63, 3.8) is 0 Å². The topological polar surface area (TPSA) is 47.3 Å². The molecule has 1 aromatic rings. The number of hydrogen-bond donors (Lipinski definition) is 2. The third kappa shape index (κ3) is 3.00. The molecule has 110 valence electrons. The van der Waals surface area contributed by atoms with Crippen LogP contribution in [0, 0.1) is 5.41 Å². The zero-order valence-electron chi connectivity index (χ0n) is 12.1. The molecule has 0 saturated heterocycles. The van der Waals surface area contributed by atoms with Gasteiger partial charge in [-0.15, -0.1) is 0 Å². The van der Waals surface area contributed by atoms with Crippen molar-refractivity contribution in [2.45, 2.75) is 39.3 Å². The maximum absolute atomic E-state index is 5.81. The largest absolute Gasteiger partial charge is 0.389 e. The van der Waals surface area contributed by atoms with Crippen LogP contribution in [-0.4, -0.2) is 23.7 Å². The van der Waals surface area contributed by atoms with Crippen LogP contribution in [0.3, 0.4) is 0 Å². The van der Waals surface area contributed by atoms with E-state index in [1.165, 1.54) is 0 Å². The van der Waals surface area contributed by atoms with Gasteiger partial charge in [0.1, 0.15) is 4.99 Å². The van der Waals surface area contributed by atoms with E-state index in [-0.39, 0.29) is 5.41 Å². The van der Waals surface area contributed by atoms with Gasteiger partial charge in [0.15, 0.2) is 0 Å². The van der Waals surface area contributed by atoms with E-state index in [9.17, 15) is 0 Å². The molecule has 5 heteroatoms. The predicted octanol–water partition coefficient (Wildman–Crippen LogP) is 3.70. The van der Waals surface area contributed by atoms with E-state index in [4.69, 9.17) is 22.7 Å². The van der Waals surface area contributed by atoms with Gasteiger partial charge in [-0.25, -0.2) is 0 Å². The summed E-state index contributed by atoms with van der Waals surface area (Å²) in [5.41, 5.74) is 7.79. The molecule has 1 saturated carbocycles. The van der Waals surface area contributed by atoms with Gasteiger partial charge in [-0.1, -0.05) is 42.0 Å². The zero-order valence-corrected chi connectivity index (χ0v) is 14.5. The Kier molecular flexibility index (Phi) is 4.72. The van der Waals surface area contributed by atoms with Crippen molar-refractivity contribution in [3.8, 4) is 0 Å². The Bertz CT molecular complexity index is 519. The number of ether oxygens (including phenoxy) is 1. The van der Waals surface area contributed by atoms with Gasteiger partial charge in [0.05, 0.1) is 6.10 Å². The van der Waals surface area contributed by atoms with E-state index in [0.717, 1.165) is 28.8 Å². The second kappa shape index (κ2) is 6.00. The molecule has 1 aliphatic carbocycles. The van der Waals surface area contributed by atoms with Crippen LogP contribution in [-0.2, 0) is 4.74 Å². The van der Waals surface area contributed by atoms with Crippen molar-refractivity contribution in [2.75, 3.05) is 11.9 Å². The molecule has 0 heterocycles. The van der Waals surface area contributed by atoms with Gasteiger partial charge in [-0.05, 0) is 31.5 Å². The average molecular weight is 357 g/mol. The SMILES string of the molecule is CCOC1CC(Nc2ccc(Br)cc2C(N)=S)C1(C)C. The molecule has 3 N–H and O–H groups in total. The molecule has 3 nitrogen and oxygen atoms in total. The molecule has 2 atom stereocenters. The zero-order chi connectivity index (χ0) is 14.9. The van der Waals surface area contributed by atoms with Gasteiger partial charge in [0.25, 0.3) is 0 Å². The maximum atomic E-state index is 5.81. The van der Waals surface area contributed by atoms with Crippen LogP contribution < -0.4 is 11.1 Å². The van der Waals surface area contributed by atoms with Gasteiger partial charge in [-0.3, -0.25) is 0 Å². The quantitative estimate of drug-likeness (QED) is 0.789. The molecule has 0 radical (unpaired) electrons. The molecule has 0 spiro atoms. The minimum atomic E-state index is 0.108. The molecule has 2 rings (SSSR count). The minimum absolute atomic E-state index is 0.108. The Hall–Kier alpha value is -0.650. The van der Waals surface area contributed by atoms with Crippen molar-refractivity contribution in [1.29, 1.82) is 0 Å². The second-order valence-electron chi connectivity index (χ2n) is 5.75. The van der Waals surface area contributed by atoms with Gasteiger partial charge >= 0.3 is 0 Å². The number of benzene rings is 1. The number of hydrogen-bond acceptors (Lipinski definition) is 3. The fourth-order valence-corrected chi connectivity index (χ4v) is 3.18. The lowest BCUT2D eigenvalue weighted by Gasteiger charge is -2.52. The predicted molar refractivity (Wildman–Crippen MR) is 91.3 cm³/mol. The van der Waals surface area contributed by atoms with Crippen molar-refractivity contribution >= 4 is 38.8 Å². The summed E-state index contributed by atoms with van der Waals surface area (Å²) in [6.07, 6.45) is 1.32. The van der Waals surface area contributed by atoms with Crippen LogP contribution in [0.2, 0.25) is 0 Å². The third-order valence-corrected chi connectivity index (χ3v) is 4.84.